The summed E-state index contributed by atoms with van der Waals surface area (Å²) in [6.45, 7) is 0. The highest BCUT2D eigenvalue weighted by atomic mass is 32.1. The molecule has 0 spiro atoms. The number of ether oxygens (including phenoxy) is 1. The van der Waals surface area contributed by atoms with Crippen LogP contribution in [-0.2, 0) is 0 Å². The summed E-state index contributed by atoms with van der Waals surface area (Å²) in [4.78, 5) is 19.9. The van der Waals surface area contributed by atoms with Crippen molar-refractivity contribution in [2.45, 2.75) is 5.92 Å². The Morgan fingerprint density at radius 1 is 1.40 bits per heavy atom. The van der Waals surface area contributed by atoms with Crippen molar-refractivity contribution in [1.29, 1.82) is 5.26 Å². The zero-order valence-electron chi connectivity index (χ0n) is 13.2. The van der Waals surface area contributed by atoms with Crippen LogP contribution in [0.25, 0.3) is 10.3 Å². The Balaban J connectivity index is 2.07. The number of nitrogens with two attached hydrogens (primary N) is 1. The molecule has 3 aromatic rings. The Morgan fingerprint density at radius 3 is 2.84 bits per heavy atom. The number of thiazole rings is 1. The van der Waals surface area contributed by atoms with E-state index >= 15 is 0 Å². The third kappa shape index (κ3) is 2.25. The van der Waals surface area contributed by atoms with Crippen molar-refractivity contribution in [3.63, 3.8) is 0 Å². The maximum atomic E-state index is 12.8. The summed E-state index contributed by atoms with van der Waals surface area (Å²) in [5.74, 6) is -0.207. The summed E-state index contributed by atoms with van der Waals surface area (Å²) in [5, 5.41) is 13.2. The number of anilines is 1. The number of hydrogen-bond acceptors (Lipinski definition) is 7. The number of benzene rings is 1. The van der Waals surface area contributed by atoms with Gasteiger partial charge in [-0.25, -0.2) is 4.98 Å². The molecule has 1 aromatic carbocycles. The van der Waals surface area contributed by atoms with Crippen LogP contribution in [0.3, 0.4) is 0 Å². The van der Waals surface area contributed by atoms with E-state index in [-0.39, 0.29) is 17.0 Å². The van der Waals surface area contributed by atoms with Gasteiger partial charge in [0, 0.05) is 7.05 Å². The van der Waals surface area contributed by atoms with Crippen LogP contribution in [-0.4, -0.2) is 17.0 Å². The van der Waals surface area contributed by atoms with Gasteiger partial charge in [0.25, 0.3) is 5.56 Å². The molecule has 4 rings (SSSR count). The maximum Gasteiger partial charge on any atom is 0.257 e. The molecule has 2 aromatic heterocycles. The summed E-state index contributed by atoms with van der Waals surface area (Å²) >= 11 is 1.35. The minimum Gasteiger partial charge on any atom is -0.438 e. The van der Waals surface area contributed by atoms with Crippen molar-refractivity contribution < 1.29 is 4.74 Å². The van der Waals surface area contributed by atoms with E-state index in [0.29, 0.717) is 26.8 Å². The molecule has 4 N–H and O–H groups in total. The Kier molecular flexibility index (Phi) is 3.44. The molecular formula is C17H13N5O2S. The Bertz CT molecular complexity index is 1110. The van der Waals surface area contributed by atoms with E-state index in [1.165, 1.54) is 11.3 Å². The smallest absolute Gasteiger partial charge is 0.257 e. The number of aromatic nitrogens is 2. The third-order valence-corrected chi connectivity index (χ3v) is 5.15. The van der Waals surface area contributed by atoms with E-state index in [9.17, 15) is 10.1 Å². The number of rotatable bonds is 2. The molecule has 8 heteroatoms. The summed E-state index contributed by atoms with van der Waals surface area (Å²) in [6, 6.07) is 11.4. The van der Waals surface area contributed by atoms with Crippen LogP contribution >= 0.6 is 11.3 Å². The number of H-pyrrole nitrogens is 1. The van der Waals surface area contributed by atoms with Crippen LogP contribution in [0.4, 0.5) is 5.13 Å². The highest BCUT2D eigenvalue weighted by Gasteiger charge is 2.35. The molecule has 0 radical (unpaired) electrons. The largest absolute Gasteiger partial charge is 0.438 e. The number of allylic oxidation sites excluding steroid dienone is 1. The molecule has 1 atom stereocenters. The van der Waals surface area contributed by atoms with Gasteiger partial charge in [0.15, 0.2) is 16.5 Å². The first-order chi connectivity index (χ1) is 12.1. The van der Waals surface area contributed by atoms with E-state index in [1.54, 1.807) is 7.05 Å². The van der Waals surface area contributed by atoms with Gasteiger partial charge in [0.2, 0.25) is 5.88 Å². The number of nitrogens with one attached hydrogen (secondary N) is 2. The molecule has 1 aliphatic rings. The van der Waals surface area contributed by atoms with Gasteiger partial charge in [-0.15, -0.1) is 0 Å². The quantitative estimate of drug-likeness (QED) is 0.652. The van der Waals surface area contributed by atoms with Gasteiger partial charge in [0.05, 0.1) is 11.5 Å². The van der Waals surface area contributed by atoms with E-state index < -0.39 is 5.92 Å². The number of nitrogens with zero attached hydrogens (tertiary/aromatic N) is 2. The van der Waals surface area contributed by atoms with Crippen molar-refractivity contribution in [1.82, 2.24) is 9.97 Å². The zero-order valence-corrected chi connectivity index (χ0v) is 14.0. The van der Waals surface area contributed by atoms with Crippen molar-refractivity contribution in [2.75, 3.05) is 12.4 Å². The lowest BCUT2D eigenvalue weighted by atomic mass is 9.84. The van der Waals surface area contributed by atoms with Gasteiger partial charge in [-0.3, -0.25) is 4.79 Å². The molecule has 0 amide bonds. The fourth-order valence-electron chi connectivity index (χ4n) is 2.98. The summed E-state index contributed by atoms with van der Waals surface area (Å²) in [5.41, 5.74) is 7.49. The average molecular weight is 351 g/mol. The average Bonchev–Trinajstić information content (AvgIpc) is 3.04. The molecule has 124 valence electrons. The standard InChI is InChI=1S/C17H13N5O2S/c1-20-17-22-15-13(25-17)12-11(16(23)21-15)10(8-5-3-2-4-6-8)9(7-18)14(19)24-12/h2-6,10H,19H2,1H3,(H2,20,21,22,23)/t10-/m0/s1. The van der Waals surface area contributed by atoms with Crippen LogP contribution in [0.2, 0.25) is 0 Å². The van der Waals surface area contributed by atoms with E-state index in [4.69, 9.17) is 10.5 Å². The van der Waals surface area contributed by atoms with Crippen LogP contribution < -0.4 is 21.3 Å². The van der Waals surface area contributed by atoms with Crippen LogP contribution in [0, 0.1) is 11.3 Å². The van der Waals surface area contributed by atoms with Crippen LogP contribution in [0.1, 0.15) is 17.0 Å². The predicted octanol–water partition coefficient (Wildman–Crippen LogP) is 2.24. The molecule has 0 saturated carbocycles. The second-order valence-corrected chi connectivity index (χ2v) is 6.48. The van der Waals surface area contributed by atoms with E-state index in [2.05, 4.69) is 21.4 Å². The molecular weight excluding hydrogens is 338 g/mol. The van der Waals surface area contributed by atoms with E-state index in [0.717, 1.165) is 5.56 Å². The predicted molar refractivity (Wildman–Crippen MR) is 95.5 cm³/mol. The third-order valence-electron chi connectivity index (χ3n) is 4.08. The fourth-order valence-corrected chi connectivity index (χ4v) is 3.85. The first kappa shape index (κ1) is 15.2. The van der Waals surface area contributed by atoms with Crippen molar-refractivity contribution >= 4 is 26.8 Å². The number of nitriles is 1. The van der Waals surface area contributed by atoms with Gasteiger partial charge in [0.1, 0.15) is 16.3 Å². The molecule has 0 unspecified atom stereocenters. The lowest BCUT2D eigenvalue weighted by molar-refractivity contribution is 0.397. The van der Waals surface area contributed by atoms with Crippen molar-refractivity contribution in [3.05, 3.63) is 63.3 Å². The minimum absolute atomic E-state index is 0.00941. The summed E-state index contributed by atoms with van der Waals surface area (Å²) in [6.07, 6.45) is 0. The minimum atomic E-state index is -0.580. The Labute approximate surface area is 146 Å². The lowest BCUT2D eigenvalue weighted by Gasteiger charge is -2.25. The number of aromatic amines is 1. The molecule has 3 heterocycles. The summed E-state index contributed by atoms with van der Waals surface area (Å²) in [7, 11) is 1.75. The highest BCUT2D eigenvalue weighted by Crippen LogP contribution is 2.44. The summed E-state index contributed by atoms with van der Waals surface area (Å²) < 4.78 is 6.38. The number of fused-ring (bicyclic) bond motifs is 3. The van der Waals surface area contributed by atoms with Gasteiger partial charge in [-0.1, -0.05) is 41.7 Å². The van der Waals surface area contributed by atoms with Crippen molar-refractivity contribution in [2.24, 2.45) is 5.73 Å². The lowest BCUT2D eigenvalue weighted by Crippen LogP contribution is -2.27. The maximum absolute atomic E-state index is 12.8. The molecule has 0 aliphatic carbocycles. The first-order valence-corrected chi connectivity index (χ1v) is 8.32. The van der Waals surface area contributed by atoms with Gasteiger partial charge in [-0.05, 0) is 5.56 Å². The second kappa shape index (κ2) is 5.65. The molecule has 0 bridgehead atoms. The number of hydrogen-bond donors (Lipinski definition) is 3. The van der Waals surface area contributed by atoms with Gasteiger partial charge < -0.3 is 20.8 Å². The molecule has 7 nitrogen and oxygen atoms in total. The van der Waals surface area contributed by atoms with Gasteiger partial charge in [-0.2, -0.15) is 5.26 Å². The monoisotopic (exact) mass is 351 g/mol. The first-order valence-electron chi connectivity index (χ1n) is 7.51. The molecule has 1 aliphatic heterocycles. The highest BCUT2D eigenvalue weighted by molar-refractivity contribution is 7.22. The second-order valence-electron chi connectivity index (χ2n) is 5.48. The van der Waals surface area contributed by atoms with Crippen molar-refractivity contribution in [3.8, 4) is 11.8 Å². The Morgan fingerprint density at radius 2 is 2.16 bits per heavy atom. The SMILES string of the molecule is CNc1nc2[nH]c(=O)c3c(c2s1)OC(N)=C(C#N)[C@@H]3c1ccccc1. The normalized spacial score (nSPS) is 16.2. The van der Waals surface area contributed by atoms with Gasteiger partial charge >= 0.3 is 0 Å². The molecule has 25 heavy (non-hydrogen) atoms. The topological polar surface area (TPSA) is 117 Å². The fraction of sp³-hybridized carbons (Fsp3) is 0.118. The zero-order chi connectivity index (χ0) is 17.6. The Hall–Kier alpha value is -3.31. The van der Waals surface area contributed by atoms with Crippen LogP contribution in [0.5, 0.6) is 5.75 Å². The van der Waals surface area contributed by atoms with E-state index in [1.807, 2.05) is 30.3 Å². The van der Waals surface area contributed by atoms with Crippen LogP contribution in [0.15, 0.2) is 46.6 Å². The molecule has 0 fully saturated rings. The number of pyridine rings is 1. The molecule has 0 saturated heterocycles.